The Bertz CT molecular complexity index is 197. The summed E-state index contributed by atoms with van der Waals surface area (Å²) in [5.41, 5.74) is 1.28. The van der Waals surface area contributed by atoms with Gasteiger partial charge in [-0.15, -0.1) is 0 Å². The number of allylic oxidation sites excluding steroid dienone is 1. The summed E-state index contributed by atoms with van der Waals surface area (Å²) in [5.74, 6) is -0.833. The first-order valence-corrected chi connectivity index (χ1v) is 4.80. The average molecular weight is 185 g/mol. The van der Waals surface area contributed by atoms with Gasteiger partial charge in [0.1, 0.15) is 0 Å². The standard InChI is InChI=1S/C10H19NO2/c1-4-6-7-11-9(5-2)8(3)10(12)13/h11H,4-7H2,1-3H3,(H,12,13)/b9-8+. The molecule has 0 radical (unpaired) electrons. The molecule has 3 nitrogen and oxygen atoms in total. The van der Waals surface area contributed by atoms with Crippen LogP contribution in [0.5, 0.6) is 0 Å². The zero-order valence-electron chi connectivity index (χ0n) is 8.68. The highest BCUT2D eigenvalue weighted by atomic mass is 16.4. The quantitative estimate of drug-likeness (QED) is 0.492. The number of aliphatic carboxylic acids is 1. The number of carboxylic acids is 1. The van der Waals surface area contributed by atoms with Crippen LogP contribution in [0.4, 0.5) is 0 Å². The number of rotatable bonds is 6. The van der Waals surface area contributed by atoms with Crippen molar-refractivity contribution >= 4 is 5.97 Å². The van der Waals surface area contributed by atoms with Gasteiger partial charge < -0.3 is 10.4 Å². The second kappa shape index (κ2) is 6.52. The molecule has 13 heavy (non-hydrogen) atoms. The fourth-order valence-corrected chi connectivity index (χ4v) is 1.07. The van der Waals surface area contributed by atoms with Crippen LogP contribution < -0.4 is 5.32 Å². The van der Waals surface area contributed by atoms with Crippen LogP contribution in [-0.2, 0) is 4.79 Å². The van der Waals surface area contributed by atoms with E-state index in [9.17, 15) is 4.79 Å². The highest BCUT2D eigenvalue weighted by molar-refractivity contribution is 5.86. The molecule has 0 fully saturated rings. The average Bonchev–Trinajstić information content (AvgIpc) is 2.11. The Kier molecular flexibility index (Phi) is 6.02. The Labute approximate surface area is 79.8 Å². The van der Waals surface area contributed by atoms with Crippen molar-refractivity contribution in [2.24, 2.45) is 0 Å². The SMILES string of the molecule is CCCCN/C(CC)=C(\C)C(=O)O. The molecule has 3 heteroatoms. The molecule has 0 heterocycles. The van der Waals surface area contributed by atoms with Crippen LogP contribution in [0.15, 0.2) is 11.3 Å². The van der Waals surface area contributed by atoms with Gasteiger partial charge in [0, 0.05) is 12.2 Å². The zero-order chi connectivity index (χ0) is 10.3. The Morgan fingerprint density at radius 3 is 2.38 bits per heavy atom. The van der Waals surface area contributed by atoms with Gasteiger partial charge in [0.15, 0.2) is 0 Å². The lowest BCUT2D eigenvalue weighted by Gasteiger charge is -2.10. The maximum atomic E-state index is 10.6. The molecule has 0 spiro atoms. The van der Waals surface area contributed by atoms with Crippen molar-refractivity contribution in [3.63, 3.8) is 0 Å². The molecular weight excluding hydrogens is 166 g/mol. The molecule has 76 valence electrons. The third kappa shape index (κ3) is 4.55. The van der Waals surface area contributed by atoms with E-state index >= 15 is 0 Å². The first kappa shape index (κ1) is 12.0. The summed E-state index contributed by atoms with van der Waals surface area (Å²) in [6.45, 7) is 6.58. The smallest absolute Gasteiger partial charge is 0.333 e. The summed E-state index contributed by atoms with van der Waals surface area (Å²) >= 11 is 0. The predicted octanol–water partition coefficient (Wildman–Crippen LogP) is 2.14. The maximum absolute atomic E-state index is 10.6. The van der Waals surface area contributed by atoms with Crippen LogP contribution in [0.1, 0.15) is 40.0 Å². The van der Waals surface area contributed by atoms with Gasteiger partial charge in [-0.2, -0.15) is 0 Å². The number of carboxylic acid groups (broad SMARTS) is 1. The van der Waals surface area contributed by atoms with Crippen molar-refractivity contribution in [1.29, 1.82) is 0 Å². The largest absolute Gasteiger partial charge is 0.478 e. The molecule has 0 unspecified atom stereocenters. The number of hydrogen-bond donors (Lipinski definition) is 2. The molecule has 0 bridgehead atoms. The molecule has 0 aliphatic heterocycles. The maximum Gasteiger partial charge on any atom is 0.333 e. The van der Waals surface area contributed by atoms with Gasteiger partial charge in [0.2, 0.25) is 0 Å². The Morgan fingerprint density at radius 2 is 2.00 bits per heavy atom. The van der Waals surface area contributed by atoms with Crippen LogP contribution in [0, 0.1) is 0 Å². The van der Waals surface area contributed by atoms with Crippen molar-refractivity contribution in [2.45, 2.75) is 40.0 Å². The third-order valence-electron chi connectivity index (χ3n) is 2.00. The van der Waals surface area contributed by atoms with Gasteiger partial charge in [-0.25, -0.2) is 4.79 Å². The number of hydrogen-bond acceptors (Lipinski definition) is 2. The molecule has 0 amide bonds. The van der Waals surface area contributed by atoms with E-state index in [0.29, 0.717) is 5.57 Å². The molecule has 0 rings (SSSR count). The van der Waals surface area contributed by atoms with E-state index in [0.717, 1.165) is 31.5 Å². The van der Waals surface area contributed by atoms with Crippen LogP contribution >= 0.6 is 0 Å². The molecule has 0 aromatic carbocycles. The van der Waals surface area contributed by atoms with Crippen molar-refractivity contribution in [3.8, 4) is 0 Å². The summed E-state index contributed by atoms with van der Waals surface area (Å²) in [6.07, 6.45) is 2.95. The lowest BCUT2D eigenvalue weighted by Crippen LogP contribution is -2.18. The molecule has 0 saturated heterocycles. The van der Waals surface area contributed by atoms with E-state index in [4.69, 9.17) is 5.11 Å². The zero-order valence-corrected chi connectivity index (χ0v) is 8.68. The summed E-state index contributed by atoms with van der Waals surface area (Å²) in [6, 6.07) is 0. The predicted molar refractivity (Wildman–Crippen MR) is 53.5 cm³/mol. The van der Waals surface area contributed by atoms with Crippen LogP contribution in [0.25, 0.3) is 0 Å². The van der Waals surface area contributed by atoms with E-state index in [2.05, 4.69) is 12.2 Å². The monoisotopic (exact) mass is 185 g/mol. The van der Waals surface area contributed by atoms with Crippen molar-refractivity contribution in [3.05, 3.63) is 11.3 Å². The van der Waals surface area contributed by atoms with Crippen molar-refractivity contribution < 1.29 is 9.90 Å². The normalized spacial score (nSPS) is 12.2. The van der Waals surface area contributed by atoms with Crippen LogP contribution in [0.2, 0.25) is 0 Å². The molecule has 2 N–H and O–H groups in total. The van der Waals surface area contributed by atoms with Gasteiger partial charge >= 0.3 is 5.97 Å². The Balaban J connectivity index is 4.15. The topological polar surface area (TPSA) is 49.3 Å². The summed E-state index contributed by atoms with van der Waals surface area (Å²) in [7, 11) is 0. The number of carbonyl (C=O) groups is 1. The van der Waals surface area contributed by atoms with Crippen LogP contribution in [-0.4, -0.2) is 17.6 Å². The van der Waals surface area contributed by atoms with Crippen molar-refractivity contribution in [1.82, 2.24) is 5.32 Å². The Morgan fingerprint density at radius 1 is 1.38 bits per heavy atom. The molecule has 0 atom stereocenters. The molecule has 0 saturated carbocycles. The molecule has 0 aliphatic rings. The third-order valence-corrected chi connectivity index (χ3v) is 2.00. The summed E-state index contributed by atoms with van der Waals surface area (Å²) in [5, 5.41) is 11.9. The Hall–Kier alpha value is -0.990. The lowest BCUT2D eigenvalue weighted by molar-refractivity contribution is -0.132. The molecule has 0 aromatic heterocycles. The minimum absolute atomic E-state index is 0.429. The molecular formula is C10H19NO2. The van der Waals surface area contributed by atoms with Gasteiger partial charge in [-0.1, -0.05) is 20.3 Å². The highest BCUT2D eigenvalue weighted by Gasteiger charge is 2.06. The summed E-state index contributed by atoms with van der Waals surface area (Å²) < 4.78 is 0. The lowest BCUT2D eigenvalue weighted by atomic mass is 10.2. The van der Waals surface area contributed by atoms with E-state index in [1.54, 1.807) is 6.92 Å². The van der Waals surface area contributed by atoms with Gasteiger partial charge in [0.05, 0.1) is 5.57 Å². The first-order chi connectivity index (χ1) is 6.13. The van der Waals surface area contributed by atoms with E-state index in [1.165, 1.54) is 0 Å². The van der Waals surface area contributed by atoms with Crippen molar-refractivity contribution in [2.75, 3.05) is 6.54 Å². The van der Waals surface area contributed by atoms with E-state index in [1.807, 2.05) is 6.92 Å². The second-order valence-corrected chi connectivity index (χ2v) is 3.04. The van der Waals surface area contributed by atoms with Gasteiger partial charge in [0.25, 0.3) is 0 Å². The second-order valence-electron chi connectivity index (χ2n) is 3.04. The fraction of sp³-hybridized carbons (Fsp3) is 0.700. The fourth-order valence-electron chi connectivity index (χ4n) is 1.07. The van der Waals surface area contributed by atoms with Crippen LogP contribution in [0.3, 0.4) is 0 Å². The van der Waals surface area contributed by atoms with E-state index in [-0.39, 0.29) is 0 Å². The van der Waals surface area contributed by atoms with Gasteiger partial charge in [-0.3, -0.25) is 0 Å². The number of nitrogens with one attached hydrogen (secondary N) is 1. The molecule has 0 aromatic rings. The van der Waals surface area contributed by atoms with E-state index < -0.39 is 5.97 Å². The summed E-state index contributed by atoms with van der Waals surface area (Å²) in [4.78, 5) is 10.6. The minimum Gasteiger partial charge on any atom is -0.478 e. The number of unbranched alkanes of at least 4 members (excludes halogenated alkanes) is 1. The first-order valence-electron chi connectivity index (χ1n) is 4.80. The minimum atomic E-state index is -0.833. The van der Waals surface area contributed by atoms with Gasteiger partial charge in [-0.05, 0) is 19.8 Å². The highest BCUT2D eigenvalue weighted by Crippen LogP contribution is 2.05. The molecule has 0 aliphatic carbocycles.